The predicted octanol–water partition coefficient (Wildman–Crippen LogP) is 2.97. The van der Waals surface area contributed by atoms with Crippen LogP contribution in [0, 0.1) is 10.1 Å². The zero-order valence-corrected chi connectivity index (χ0v) is 14.9. The highest BCUT2D eigenvalue weighted by Gasteiger charge is 2.29. The average molecular weight is 434 g/mol. The second kappa shape index (κ2) is 8.65. The van der Waals surface area contributed by atoms with Crippen molar-refractivity contribution < 1.29 is 37.5 Å². The van der Waals surface area contributed by atoms with Crippen LogP contribution in [0.5, 0.6) is 11.5 Å². The number of ether oxygens (including phenoxy) is 1. The van der Waals surface area contributed by atoms with Crippen molar-refractivity contribution >= 4 is 29.1 Å². The van der Waals surface area contributed by atoms with E-state index in [0.717, 1.165) is 30.3 Å². The second-order valence-electron chi connectivity index (χ2n) is 5.41. The van der Waals surface area contributed by atoms with Crippen molar-refractivity contribution in [2.24, 2.45) is 0 Å². The molecule has 0 fully saturated rings. The minimum atomic E-state index is -4.66. The summed E-state index contributed by atoms with van der Waals surface area (Å²) in [5.41, 5.74) is 2.08. The fourth-order valence-electron chi connectivity index (χ4n) is 2.05. The van der Waals surface area contributed by atoms with Gasteiger partial charge in [0.1, 0.15) is 17.1 Å². The Kier molecular flexibility index (Phi) is 6.49. The van der Waals surface area contributed by atoms with Crippen LogP contribution in [0.2, 0.25) is 5.02 Å². The molecule has 2 amide bonds. The SMILES string of the molecule is O=C(NNC(=O)c1cc(OCC(F)(F)F)ccc1[N+](=O)[O-])c1cc(Cl)ccc1O. The molecule has 2 aromatic carbocycles. The molecule has 0 aliphatic heterocycles. The van der Waals surface area contributed by atoms with Crippen LogP contribution in [0.25, 0.3) is 0 Å². The predicted molar refractivity (Wildman–Crippen MR) is 92.7 cm³/mol. The van der Waals surface area contributed by atoms with Crippen LogP contribution < -0.4 is 15.6 Å². The molecule has 2 rings (SSSR count). The largest absolute Gasteiger partial charge is 0.507 e. The number of alkyl halides is 3. The summed E-state index contributed by atoms with van der Waals surface area (Å²) >= 11 is 5.71. The number of benzene rings is 2. The average Bonchev–Trinajstić information content (AvgIpc) is 2.65. The first-order valence-electron chi connectivity index (χ1n) is 7.55. The van der Waals surface area contributed by atoms with Gasteiger partial charge in [0.25, 0.3) is 17.5 Å². The molecular weight excluding hydrogens is 423 g/mol. The molecule has 0 spiro atoms. The van der Waals surface area contributed by atoms with E-state index in [1.165, 1.54) is 6.07 Å². The molecule has 29 heavy (non-hydrogen) atoms. The molecule has 0 radical (unpaired) electrons. The van der Waals surface area contributed by atoms with Gasteiger partial charge in [-0.1, -0.05) is 11.6 Å². The molecule has 0 bridgehead atoms. The summed E-state index contributed by atoms with van der Waals surface area (Å²) in [5, 5.41) is 20.8. The summed E-state index contributed by atoms with van der Waals surface area (Å²) in [5.74, 6) is -3.10. The number of nitro benzene ring substituents is 1. The molecule has 3 N–H and O–H groups in total. The molecule has 0 atom stereocenters. The number of halogens is 4. The highest BCUT2D eigenvalue weighted by molar-refractivity contribution is 6.31. The monoisotopic (exact) mass is 433 g/mol. The van der Waals surface area contributed by atoms with Crippen LogP contribution in [0.15, 0.2) is 36.4 Å². The molecule has 0 unspecified atom stereocenters. The third-order valence-corrected chi connectivity index (χ3v) is 3.54. The number of carbonyl (C=O) groups is 2. The van der Waals surface area contributed by atoms with Crippen LogP contribution in [-0.4, -0.2) is 34.6 Å². The number of amides is 2. The van der Waals surface area contributed by atoms with Gasteiger partial charge >= 0.3 is 6.18 Å². The standard InChI is InChI=1S/C16H11ClF3N3O6/c17-8-1-4-13(24)11(5-8)15(26)22-21-14(25)10-6-9(29-7-16(18,19)20)2-3-12(10)23(27)28/h1-6,24H,7H2,(H,21,25)(H,22,26). The van der Waals surface area contributed by atoms with Crippen LogP contribution in [0.1, 0.15) is 20.7 Å². The summed E-state index contributed by atoms with van der Waals surface area (Å²) in [4.78, 5) is 34.4. The van der Waals surface area contributed by atoms with Crippen molar-refractivity contribution in [2.45, 2.75) is 6.18 Å². The maximum atomic E-state index is 12.2. The lowest BCUT2D eigenvalue weighted by molar-refractivity contribution is -0.385. The third-order valence-electron chi connectivity index (χ3n) is 3.30. The fraction of sp³-hybridized carbons (Fsp3) is 0.125. The van der Waals surface area contributed by atoms with Crippen LogP contribution in [-0.2, 0) is 0 Å². The highest BCUT2D eigenvalue weighted by Crippen LogP contribution is 2.26. The normalized spacial score (nSPS) is 10.9. The molecular formula is C16H11ClF3N3O6. The van der Waals surface area contributed by atoms with Gasteiger partial charge in [-0.25, -0.2) is 0 Å². The molecule has 0 aliphatic rings. The van der Waals surface area contributed by atoms with Crippen molar-refractivity contribution in [1.29, 1.82) is 0 Å². The van der Waals surface area contributed by atoms with E-state index in [1.54, 1.807) is 0 Å². The van der Waals surface area contributed by atoms with E-state index in [2.05, 4.69) is 4.74 Å². The molecule has 154 valence electrons. The van der Waals surface area contributed by atoms with E-state index in [-0.39, 0.29) is 10.6 Å². The van der Waals surface area contributed by atoms with Crippen LogP contribution in [0.3, 0.4) is 0 Å². The minimum absolute atomic E-state index is 0.115. The van der Waals surface area contributed by atoms with Crippen LogP contribution in [0.4, 0.5) is 18.9 Å². The Morgan fingerprint density at radius 2 is 1.72 bits per heavy atom. The Bertz CT molecular complexity index is 967. The van der Waals surface area contributed by atoms with Gasteiger partial charge in [-0.05, 0) is 30.3 Å². The van der Waals surface area contributed by atoms with E-state index in [9.17, 15) is 38.0 Å². The number of carbonyl (C=O) groups excluding carboxylic acids is 2. The van der Waals surface area contributed by atoms with Gasteiger partial charge in [0.15, 0.2) is 6.61 Å². The molecule has 0 aromatic heterocycles. The Hall–Kier alpha value is -3.54. The number of phenols is 1. The van der Waals surface area contributed by atoms with Crippen molar-refractivity contribution in [3.63, 3.8) is 0 Å². The summed E-state index contributed by atoms with van der Waals surface area (Å²) in [6.45, 7) is -1.67. The lowest BCUT2D eigenvalue weighted by Gasteiger charge is -2.12. The number of nitrogens with one attached hydrogen (secondary N) is 2. The van der Waals surface area contributed by atoms with Crippen molar-refractivity contribution in [3.8, 4) is 11.5 Å². The molecule has 0 saturated heterocycles. The maximum Gasteiger partial charge on any atom is 0.422 e. The first kappa shape index (κ1) is 21.8. The molecule has 0 aliphatic carbocycles. The maximum absolute atomic E-state index is 12.2. The Balaban J connectivity index is 2.18. The van der Waals surface area contributed by atoms with Crippen LogP contribution >= 0.6 is 11.6 Å². The third kappa shape index (κ3) is 5.97. The number of nitrogens with zero attached hydrogens (tertiary/aromatic N) is 1. The fourth-order valence-corrected chi connectivity index (χ4v) is 2.22. The Morgan fingerprint density at radius 1 is 1.10 bits per heavy atom. The van der Waals surface area contributed by atoms with Gasteiger partial charge in [0.2, 0.25) is 0 Å². The first-order valence-corrected chi connectivity index (χ1v) is 7.93. The molecule has 0 saturated carbocycles. The number of phenolic OH excluding ortho intramolecular Hbond substituents is 1. The number of hydrogen-bond acceptors (Lipinski definition) is 6. The smallest absolute Gasteiger partial charge is 0.422 e. The Morgan fingerprint density at radius 3 is 2.31 bits per heavy atom. The number of hydrazine groups is 1. The molecule has 13 heteroatoms. The van der Waals surface area contributed by atoms with Gasteiger partial charge in [-0.2, -0.15) is 13.2 Å². The van der Waals surface area contributed by atoms with Crippen molar-refractivity contribution in [3.05, 3.63) is 62.7 Å². The van der Waals surface area contributed by atoms with Gasteiger partial charge in [0.05, 0.1) is 10.5 Å². The molecule has 2 aromatic rings. The van der Waals surface area contributed by atoms with E-state index in [1.807, 2.05) is 10.9 Å². The van der Waals surface area contributed by atoms with E-state index in [0.29, 0.717) is 0 Å². The quantitative estimate of drug-likeness (QED) is 0.491. The zero-order valence-electron chi connectivity index (χ0n) is 14.1. The summed E-state index contributed by atoms with van der Waals surface area (Å²) in [6.07, 6.45) is -4.66. The lowest BCUT2D eigenvalue weighted by atomic mass is 10.1. The summed E-state index contributed by atoms with van der Waals surface area (Å²) in [6, 6.07) is 5.94. The van der Waals surface area contributed by atoms with Crippen molar-refractivity contribution in [1.82, 2.24) is 10.9 Å². The van der Waals surface area contributed by atoms with E-state index < -0.39 is 52.3 Å². The second-order valence-corrected chi connectivity index (χ2v) is 5.85. The topological polar surface area (TPSA) is 131 Å². The first-order chi connectivity index (χ1) is 13.5. The van der Waals surface area contributed by atoms with Gasteiger partial charge in [-0.3, -0.25) is 30.6 Å². The highest BCUT2D eigenvalue weighted by atomic mass is 35.5. The summed E-state index contributed by atoms with van der Waals surface area (Å²) in [7, 11) is 0. The summed E-state index contributed by atoms with van der Waals surface area (Å²) < 4.78 is 41.2. The number of rotatable bonds is 5. The Labute approximate surface area is 165 Å². The van der Waals surface area contributed by atoms with E-state index in [4.69, 9.17) is 11.6 Å². The molecule has 9 nitrogen and oxygen atoms in total. The minimum Gasteiger partial charge on any atom is -0.507 e. The van der Waals surface area contributed by atoms with Gasteiger partial charge < -0.3 is 9.84 Å². The van der Waals surface area contributed by atoms with Crippen molar-refractivity contribution in [2.75, 3.05) is 6.61 Å². The van der Waals surface area contributed by atoms with Gasteiger partial charge in [-0.15, -0.1) is 0 Å². The van der Waals surface area contributed by atoms with Gasteiger partial charge in [0, 0.05) is 11.1 Å². The zero-order chi connectivity index (χ0) is 21.8. The number of nitro groups is 1. The number of hydrogen-bond donors (Lipinski definition) is 3. The lowest BCUT2D eigenvalue weighted by Crippen LogP contribution is -2.41. The van der Waals surface area contributed by atoms with E-state index >= 15 is 0 Å². The number of aromatic hydroxyl groups is 1. The molecule has 0 heterocycles.